The van der Waals surface area contributed by atoms with Crippen molar-refractivity contribution in [2.75, 3.05) is 26.2 Å². The Hall–Kier alpha value is -0.770. The SMILES string of the molecule is O=C1NCCN1CC1CCCCC1CO. The van der Waals surface area contributed by atoms with E-state index in [9.17, 15) is 9.90 Å². The lowest BCUT2D eigenvalue weighted by molar-refractivity contribution is 0.112. The first-order chi connectivity index (χ1) is 7.31. The van der Waals surface area contributed by atoms with Gasteiger partial charge in [-0.25, -0.2) is 4.79 Å². The minimum Gasteiger partial charge on any atom is -0.396 e. The molecule has 1 heterocycles. The zero-order valence-electron chi connectivity index (χ0n) is 9.11. The van der Waals surface area contributed by atoms with Gasteiger partial charge in [0.05, 0.1) is 0 Å². The number of hydrogen-bond acceptors (Lipinski definition) is 2. The van der Waals surface area contributed by atoms with Crippen molar-refractivity contribution in [3.63, 3.8) is 0 Å². The van der Waals surface area contributed by atoms with Gasteiger partial charge in [0.1, 0.15) is 0 Å². The highest BCUT2D eigenvalue weighted by atomic mass is 16.3. The molecule has 0 aromatic rings. The summed E-state index contributed by atoms with van der Waals surface area (Å²) in [6, 6.07) is 0.0669. The Labute approximate surface area is 90.6 Å². The molecule has 1 aliphatic heterocycles. The maximum absolute atomic E-state index is 11.4. The van der Waals surface area contributed by atoms with E-state index < -0.39 is 0 Å². The molecule has 4 heteroatoms. The van der Waals surface area contributed by atoms with Crippen LogP contribution in [0.3, 0.4) is 0 Å². The second-order valence-electron chi connectivity index (χ2n) is 4.67. The molecule has 2 aliphatic rings. The largest absolute Gasteiger partial charge is 0.396 e. The lowest BCUT2D eigenvalue weighted by atomic mass is 9.79. The minimum absolute atomic E-state index is 0.0669. The predicted molar refractivity (Wildman–Crippen MR) is 57.5 cm³/mol. The second kappa shape index (κ2) is 4.84. The third-order valence-corrected chi connectivity index (χ3v) is 3.70. The fourth-order valence-electron chi connectivity index (χ4n) is 2.73. The Kier molecular flexibility index (Phi) is 3.46. The van der Waals surface area contributed by atoms with Crippen LogP contribution in [0.4, 0.5) is 4.79 Å². The van der Waals surface area contributed by atoms with Crippen LogP contribution >= 0.6 is 0 Å². The Morgan fingerprint density at radius 1 is 1.33 bits per heavy atom. The molecule has 0 aromatic carbocycles. The second-order valence-corrected chi connectivity index (χ2v) is 4.67. The van der Waals surface area contributed by atoms with E-state index in [1.807, 2.05) is 4.90 Å². The van der Waals surface area contributed by atoms with Crippen LogP contribution in [0, 0.1) is 11.8 Å². The molecule has 4 nitrogen and oxygen atoms in total. The van der Waals surface area contributed by atoms with E-state index in [0.29, 0.717) is 11.8 Å². The van der Waals surface area contributed by atoms with Crippen molar-refractivity contribution >= 4 is 6.03 Å². The van der Waals surface area contributed by atoms with E-state index >= 15 is 0 Å². The minimum atomic E-state index is 0.0669. The molecule has 2 amide bonds. The van der Waals surface area contributed by atoms with Gasteiger partial charge in [-0.1, -0.05) is 12.8 Å². The molecule has 2 unspecified atom stereocenters. The van der Waals surface area contributed by atoms with E-state index in [0.717, 1.165) is 32.5 Å². The Bertz CT molecular complexity index is 233. The molecule has 2 N–H and O–H groups in total. The van der Waals surface area contributed by atoms with Gasteiger partial charge in [-0.3, -0.25) is 0 Å². The van der Waals surface area contributed by atoms with Gasteiger partial charge >= 0.3 is 6.03 Å². The van der Waals surface area contributed by atoms with Gasteiger partial charge in [-0.2, -0.15) is 0 Å². The van der Waals surface area contributed by atoms with Crippen LogP contribution < -0.4 is 5.32 Å². The van der Waals surface area contributed by atoms with Gasteiger partial charge in [-0.15, -0.1) is 0 Å². The van der Waals surface area contributed by atoms with Crippen molar-refractivity contribution in [1.29, 1.82) is 0 Å². The Morgan fingerprint density at radius 3 is 2.67 bits per heavy atom. The maximum atomic E-state index is 11.4. The molecule has 86 valence electrons. The summed E-state index contributed by atoms with van der Waals surface area (Å²) in [5, 5.41) is 12.1. The molecule has 1 saturated carbocycles. The van der Waals surface area contributed by atoms with Gasteiger partial charge in [0.2, 0.25) is 0 Å². The highest BCUT2D eigenvalue weighted by molar-refractivity contribution is 5.76. The molecule has 15 heavy (non-hydrogen) atoms. The number of carbonyl (C=O) groups is 1. The lowest BCUT2D eigenvalue weighted by Crippen LogP contribution is -2.37. The van der Waals surface area contributed by atoms with Crippen molar-refractivity contribution in [3.8, 4) is 0 Å². The van der Waals surface area contributed by atoms with Crippen LogP contribution in [-0.2, 0) is 0 Å². The molecule has 2 rings (SSSR count). The van der Waals surface area contributed by atoms with Gasteiger partial charge in [0.25, 0.3) is 0 Å². The highest BCUT2D eigenvalue weighted by Crippen LogP contribution is 2.30. The number of nitrogens with zero attached hydrogens (tertiary/aromatic N) is 1. The number of hydrogen-bond donors (Lipinski definition) is 2. The summed E-state index contributed by atoms with van der Waals surface area (Å²) in [6.07, 6.45) is 4.76. The molecule has 0 bridgehead atoms. The number of urea groups is 1. The fourth-order valence-corrected chi connectivity index (χ4v) is 2.73. The molecule has 0 spiro atoms. The zero-order valence-corrected chi connectivity index (χ0v) is 9.11. The summed E-state index contributed by atoms with van der Waals surface area (Å²) in [7, 11) is 0. The number of carbonyl (C=O) groups excluding carboxylic acids is 1. The summed E-state index contributed by atoms with van der Waals surface area (Å²) in [6.45, 7) is 2.71. The van der Waals surface area contributed by atoms with Gasteiger partial charge < -0.3 is 15.3 Å². The number of amides is 2. The normalized spacial score (nSPS) is 31.8. The average molecular weight is 212 g/mol. The standard InChI is InChI=1S/C11H20N2O2/c14-8-10-4-2-1-3-9(10)7-13-6-5-12-11(13)15/h9-10,14H,1-8H2,(H,12,15). The van der Waals surface area contributed by atoms with Crippen LogP contribution in [0.5, 0.6) is 0 Å². The average Bonchev–Trinajstić information content (AvgIpc) is 2.65. The summed E-state index contributed by atoms with van der Waals surface area (Å²) in [5.41, 5.74) is 0. The molecular formula is C11H20N2O2. The smallest absolute Gasteiger partial charge is 0.317 e. The monoisotopic (exact) mass is 212 g/mol. The summed E-state index contributed by atoms with van der Waals surface area (Å²) in [4.78, 5) is 13.3. The number of aliphatic hydroxyl groups is 1. The number of nitrogens with one attached hydrogen (secondary N) is 1. The topological polar surface area (TPSA) is 52.6 Å². The van der Waals surface area contributed by atoms with E-state index in [-0.39, 0.29) is 12.6 Å². The molecule has 1 saturated heterocycles. The van der Waals surface area contributed by atoms with Crippen molar-refractivity contribution < 1.29 is 9.90 Å². The number of rotatable bonds is 3. The third kappa shape index (κ3) is 2.43. The summed E-state index contributed by atoms with van der Waals surface area (Å²) >= 11 is 0. The van der Waals surface area contributed by atoms with Crippen molar-refractivity contribution in [2.45, 2.75) is 25.7 Å². The zero-order chi connectivity index (χ0) is 10.7. The Balaban J connectivity index is 1.88. The van der Waals surface area contributed by atoms with E-state index in [2.05, 4.69) is 5.32 Å². The maximum Gasteiger partial charge on any atom is 0.317 e. The molecular weight excluding hydrogens is 192 g/mol. The quantitative estimate of drug-likeness (QED) is 0.727. The first-order valence-electron chi connectivity index (χ1n) is 5.95. The molecule has 1 aliphatic carbocycles. The Morgan fingerprint density at radius 2 is 2.07 bits per heavy atom. The fraction of sp³-hybridized carbons (Fsp3) is 0.909. The van der Waals surface area contributed by atoms with Crippen molar-refractivity contribution in [3.05, 3.63) is 0 Å². The summed E-state index contributed by atoms with van der Waals surface area (Å²) in [5.74, 6) is 0.916. The van der Waals surface area contributed by atoms with Crippen LogP contribution in [-0.4, -0.2) is 42.3 Å². The van der Waals surface area contributed by atoms with Gasteiger partial charge in [0.15, 0.2) is 0 Å². The predicted octanol–water partition coefficient (Wildman–Crippen LogP) is 0.810. The highest BCUT2D eigenvalue weighted by Gasteiger charge is 2.29. The summed E-state index contributed by atoms with van der Waals surface area (Å²) < 4.78 is 0. The molecule has 2 atom stereocenters. The lowest BCUT2D eigenvalue weighted by Gasteiger charge is -2.32. The van der Waals surface area contributed by atoms with E-state index in [4.69, 9.17) is 0 Å². The van der Waals surface area contributed by atoms with E-state index in [1.54, 1.807) is 0 Å². The van der Waals surface area contributed by atoms with Crippen molar-refractivity contribution in [2.24, 2.45) is 11.8 Å². The van der Waals surface area contributed by atoms with Crippen LogP contribution in [0.15, 0.2) is 0 Å². The van der Waals surface area contributed by atoms with Crippen LogP contribution in [0.2, 0.25) is 0 Å². The van der Waals surface area contributed by atoms with Crippen LogP contribution in [0.25, 0.3) is 0 Å². The van der Waals surface area contributed by atoms with Crippen molar-refractivity contribution in [1.82, 2.24) is 10.2 Å². The van der Waals surface area contributed by atoms with E-state index in [1.165, 1.54) is 12.8 Å². The molecule has 0 radical (unpaired) electrons. The molecule has 0 aromatic heterocycles. The third-order valence-electron chi connectivity index (χ3n) is 3.70. The first-order valence-corrected chi connectivity index (χ1v) is 5.95. The molecule has 2 fully saturated rings. The van der Waals surface area contributed by atoms with Crippen LogP contribution in [0.1, 0.15) is 25.7 Å². The van der Waals surface area contributed by atoms with Gasteiger partial charge in [-0.05, 0) is 24.7 Å². The number of aliphatic hydroxyl groups excluding tert-OH is 1. The first kappa shape index (κ1) is 10.7. The van der Waals surface area contributed by atoms with Gasteiger partial charge in [0, 0.05) is 26.2 Å².